The SMILES string of the molecule is CC1CC(C)(C)CC12NC(=O)N=C2N. The van der Waals surface area contributed by atoms with E-state index in [0.717, 1.165) is 12.8 Å². The molecule has 14 heavy (non-hydrogen) atoms. The molecule has 3 N–H and O–H groups in total. The van der Waals surface area contributed by atoms with Crippen LogP contribution in [0.25, 0.3) is 0 Å². The number of amidine groups is 1. The quantitative estimate of drug-likeness (QED) is 0.611. The second-order valence-corrected chi connectivity index (χ2v) is 5.34. The largest absolute Gasteiger partial charge is 0.385 e. The molecule has 1 aliphatic carbocycles. The number of aliphatic imine (C=N–C) groups is 1. The summed E-state index contributed by atoms with van der Waals surface area (Å²) in [6, 6.07) is -0.285. The molecule has 0 aromatic carbocycles. The Hall–Kier alpha value is -1.06. The van der Waals surface area contributed by atoms with Crippen LogP contribution in [0.3, 0.4) is 0 Å². The first kappa shape index (κ1) is 9.49. The minimum Gasteiger partial charge on any atom is -0.385 e. The Kier molecular flexibility index (Phi) is 1.69. The predicted octanol–water partition coefficient (Wildman–Crippen LogP) is 1.26. The summed E-state index contributed by atoms with van der Waals surface area (Å²) in [5.74, 6) is 0.841. The molecule has 2 rings (SSSR count). The number of hydrogen-bond acceptors (Lipinski definition) is 2. The van der Waals surface area contributed by atoms with Crippen LogP contribution >= 0.6 is 0 Å². The lowest BCUT2D eigenvalue weighted by atomic mass is 9.86. The number of urea groups is 1. The molecule has 0 aromatic heterocycles. The lowest BCUT2D eigenvalue weighted by molar-refractivity contribution is 0.241. The molecule has 4 nitrogen and oxygen atoms in total. The zero-order chi connectivity index (χ0) is 10.6. The first-order valence-electron chi connectivity index (χ1n) is 5.02. The zero-order valence-electron chi connectivity index (χ0n) is 8.92. The molecule has 2 unspecified atom stereocenters. The van der Waals surface area contributed by atoms with Gasteiger partial charge in [-0.15, -0.1) is 0 Å². The van der Waals surface area contributed by atoms with Gasteiger partial charge in [-0.3, -0.25) is 0 Å². The molecule has 0 bridgehead atoms. The average molecular weight is 195 g/mol. The summed E-state index contributed by atoms with van der Waals surface area (Å²) in [6.45, 7) is 6.54. The molecule has 4 heteroatoms. The van der Waals surface area contributed by atoms with Crippen molar-refractivity contribution in [2.45, 2.75) is 39.2 Å². The van der Waals surface area contributed by atoms with Gasteiger partial charge >= 0.3 is 6.03 Å². The Labute approximate surface area is 84.0 Å². The summed E-state index contributed by atoms with van der Waals surface area (Å²) in [6.07, 6.45) is 1.96. The second-order valence-electron chi connectivity index (χ2n) is 5.34. The number of rotatable bonds is 0. The van der Waals surface area contributed by atoms with Crippen molar-refractivity contribution in [3.8, 4) is 0 Å². The fourth-order valence-electron chi connectivity index (χ4n) is 3.01. The summed E-state index contributed by atoms with van der Waals surface area (Å²) < 4.78 is 0. The van der Waals surface area contributed by atoms with Gasteiger partial charge in [0.25, 0.3) is 0 Å². The minimum atomic E-state index is -0.361. The average Bonchev–Trinajstić information content (AvgIpc) is 2.35. The van der Waals surface area contributed by atoms with Crippen molar-refractivity contribution < 1.29 is 4.79 Å². The number of amides is 2. The van der Waals surface area contributed by atoms with Gasteiger partial charge < -0.3 is 11.1 Å². The number of nitrogens with one attached hydrogen (secondary N) is 1. The molecule has 2 amide bonds. The summed E-state index contributed by atoms with van der Waals surface area (Å²) in [7, 11) is 0. The maximum absolute atomic E-state index is 11.2. The lowest BCUT2D eigenvalue weighted by Crippen LogP contribution is -2.53. The van der Waals surface area contributed by atoms with E-state index in [9.17, 15) is 4.79 Å². The first-order chi connectivity index (χ1) is 6.36. The van der Waals surface area contributed by atoms with Gasteiger partial charge in [-0.2, -0.15) is 4.99 Å². The molecule has 2 aliphatic rings. The summed E-state index contributed by atoms with van der Waals surface area (Å²) >= 11 is 0. The van der Waals surface area contributed by atoms with E-state index in [2.05, 4.69) is 31.1 Å². The van der Waals surface area contributed by atoms with Gasteiger partial charge in [0, 0.05) is 0 Å². The number of carbonyl (C=O) groups is 1. The van der Waals surface area contributed by atoms with E-state index in [1.807, 2.05) is 0 Å². The fraction of sp³-hybridized carbons (Fsp3) is 0.800. The van der Waals surface area contributed by atoms with Crippen LogP contribution in [0, 0.1) is 11.3 Å². The second kappa shape index (κ2) is 2.49. The third-order valence-corrected chi connectivity index (χ3v) is 3.47. The van der Waals surface area contributed by atoms with Crippen LogP contribution in [-0.2, 0) is 0 Å². The molecule has 1 spiro atoms. The molecule has 1 fully saturated rings. The molecule has 0 aromatic rings. The number of nitrogens with two attached hydrogens (primary N) is 1. The van der Waals surface area contributed by atoms with E-state index < -0.39 is 0 Å². The normalized spacial score (nSPS) is 40.1. The van der Waals surface area contributed by atoms with Crippen LogP contribution in [0.1, 0.15) is 33.6 Å². The number of hydrogen-bond donors (Lipinski definition) is 2. The van der Waals surface area contributed by atoms with Crippen LogP contribution in [0.15, 0.2) is 4.99 Å². The molecule has 78 valence electrons. The van der Waals surface area contributed by atoms with Crippen molar-refractivity contribution in [3.63, 3.8) is 0 Å². The van der Waals surface area contributed by atoms with Gasteiger partial charge in [0.1, 0.15) is 11.4 Å². The summed E-state index contributed by atoms with van der Waals surface area (Å²) in [5, 5.41) is 2.92. The maximum atomic E-state index is 11.2. The van der Waals surface area contributed by atoms with E-state index in [1.165, 1.54) is 0 Å². The topological polar surface area (TPSA) is 67.5 Å². The highest BCUT2D eigenvalue weighted by Gasteiger charge is 2.54. The highest BCUT2D eigenvalue weighted by Crippen LogP contribution is 2.48. The third-order valence-electron chi connectivity index (χ3n) is 3.47. The Morgan fingerprint density at radius 1 is 1.57 bits per heavy atom. The van der Waals surface area contributed by atoms with Gasteiger partial charge in [-0.05, 0) is 24.2 Å². The van der Waals surface area contributed by atoms with Crippen molar-refractivity contribution in [2.24, 2.45) is 22.1 Å². The van der Waals surface area contributed by atoms with Gasteiger partial charge in [0.15, 0.2) is 0 Å². The number of carbonyl (C=O) groups excluding carboxylic acids is 1. The zero-order valence-corrected chi connectivity index (χ0v) is 8.92. The summed E-state index contributed by atoms with van der Waals surface area (Å²) in [5.41, 5.74) is 5.72. The lowest BCUT2D eigenvalue weighted by Gasteiger charge is -2.29. The molecular formula is C10H17N3O. The molecule has 1 heterocycles. The van der Waals surface area contributed by atoms with Crippen molar-refractivity contribution in [3.05, 3.63) is 0 Å². The molecule has 1 aliphatic heterocycles. The van der Waals surface area contributed by atoms with Crippen LogP contribution in [0.4, 0.5) is 4.79 Å². The van der Waals surface area contributed by atoms with Crippen molar-refractivity contribution in [2.75, 3.05) is 0 Å². The molecule has 2 atom stereocenters. The standard InChI is InChI=1S/C10H17N3O/c1-6-4-9(2,3)5-10(6)7(11)12-8(14)13-10/h6H,4-5H2,1-3H3,(H3,11,12,13,14). The van der Waals surface area contributed by atoms with E-state index in [-0.39, 0.29) is 17.0 Å². The van der Waals surface area contributed by atoms with E-state index in [4.69, 9.17) is 5.73 Å². The summed E-state index contributed by atoms with van der Waals surface area (Å²) in [4.78, 5) is 15.0. The Morgan fingerprint density at radius 2 is 2.21 bits per heavy atom. The van der Waals surface area contributed by atoms with Crippen LogP contribution in [0.5, 0.6) is 0 Å². The fourth-order valence-corrected chi connectivity index (χ4v) is 3.01. The van der Waals surface area contributed by atoms with Gasteiger partial charge in [-0.25, -0.2) is 4.79 Å². The highest BCUT2D eigenvalue weighted by atomic mass is 16.2. The predicted molar refractivity (Wildman–Crippen MR) is 55.1 cm³/mol. The van der Waals surface area contributed by atoms with Gasteiger partial charge in [-0.1, -0.05) is 20.8 Å². The Morgan fingerprint density at radius 3 is 2.57 bits per heavy atom. The molecule has 0 radical (unpaired) electrons. The third kappa shape index (κ3) is 1.13. The molecular weight excluding hydrogens is 178 g/mol. The Bertz CT molecular complexity index is 321. The molecule has 0 saturated heterocycles. The van der Waals surface area contributed by atoms with E-state index in [0.29, 0.717) is 11.8 Å². The van der Waals surface area contributed by atoms with Crippen molar-refractivity contribution in [1.29, 1.82) is 0 Å². The highest BCUT2D eigenvalue weighted by molar-refractivity contribution is 6.06. The van der Waals surface area contributed by atoms with E-state index in [1.54, 1.807) is 0 Å². The van der Waals surface area contributed by atoms with Crippen LogP contribution < -0.4 is 11.1 Å². The van der Waals surface area contributed by atoms with Crippen LogP contribution in [-0.4, -0.2) is 17.4 Å². The number of nitrogens with zero attached hydrogens (tertiary/aromatic N) is 1. The van der Waals surface area contributed by atoms with Gasteiger partial charge in [0.05, 0.1) is 0 Å². The first-order valence-corrected chi connectivity index (χ1v) is 5.02. The molecule has 1 saturated carbocycles. The van der Waals surface area contributed by atoms with Crippen molar-refractivity contribution in [1.82, 2.24) is 5.32 Å². The Balaban J connectivity index is 2.35. The minimum absolute atomic E-state index is 0.233. The van der Waals surface area contributed by atoms with Crippen molar-refractivity contribution >= 4 is 11.9 Å². The maximum Gasteiger partial charge on any atom is 0.343 e. The smallest absolute Gasteiger partial charge is 0.343 e. The van der Waals surface area contributed by atoms with Crippen LogP contribution in [0.2, 0.25) is 0 Å². The van der Waals surface area contributed by atoms with Gasteiger partial charge in [0.2, 0.25) is 0 Å². The van der Waals surface area contributed by atoms with E-state index >= 15 is 0 Å². The monoisotopic (exact) mass is 195 g/mol.